The van der Waals surface area contributed by atoms with E-state index in [4.69, 9.17) is 4.74 Å². The Morgan fingerprint density at radius 1 is 1.50 bits per heavy atom. The molecule has 1 saturated heterocycles. The second kappa shape index (κ2) is 6.75. The molecular formula is C14H14BrF2NO5S. The van der Waals surface area contributed by atoms with E-state index in [0.29, 0.717) is 0 Å². The number of cyclic esters (lactones) is 1. The van der Waals surface area contributed by atoms with Crippen LogP contribution in [0.4, 0.5) is 19.3 Å². The van der Waals surface area contributed by atoms with E-state index in [1.165, 1.54) is 13.2 Å². The predicted octanol–water partition coefficient (Wildman–Crippen LogP) is 2.66. The smallest absolute Gasteiger partial charge is 0.414 e. The van der Waals surface area contributed by atoms with Gasteiger partial charge in [0.15, 0.2) is 11.6 Å². The number of carboxylic acids is 1. The molecule has 1 fully saturated rings. The van der Waals surface area contributed by atoms with Gasteiger partial charge in [-0.2, -0.15) is 0 Å². The summed E-state index contributed by atoms with van der Waals surface area (Å²) >= 11 is 2.94. The lowest BCUT2D eigenvalue weighted by molar-refractivity contribution is -0.140. The number of halogens is 3. The molecule has 24 heavy (non-hydrogen) atoms. The molecule has 1 aliphatic rings. The second-order valence-corrected chi connectivity index (χ2v) is 8.25. The molecule has 6 nitrogen and oxygen atoms in total. The van der Waals surface area contributed by atoms with E-state index in [9.17, 15) is 27.7 Å². The van der Waals surface area contributed by atoms with Gasteiger partial charge in [0.25, 0.3) is 0 Å². The molecule has 132 valence electrons. The maximum Gasteiger partial charge on any atom is 0.414 e. The largest absolute Gasteiger partial charge is 0.480 e. The van der Waals surface area contributed by atoms with Crippen molar-refractivity contribution >= 4 is 44.5 Å². The van der Waals surface area contributed by atoms with Crippen LogP contribution in [-0.4, -0.2) is 45.0 Å². The zero-order valence-corrected chi connectivity index (χ0v) is 15.1. The lowest BCUT2D eigenvalue weighted by Gasteiger charge is -2.24. The van der Waals surface area contributed by atoms with Gasteiger partial charge in [0.1, 0.15) is 16.5 Å². The Labute approximate surface area is 147 Å². The fourth-order valence-corrected chi connectivity index (χ4v) is 3.43. The van der Waals surface area contributed by atoms with Gasteiger partial charge in [0, 0.05) is 27.9 Å². The monoisotopic (exact) mass is 425 g/mol. The molecule has 1 aromatic rings. The topological polar surface area (TPSA) is 83.9 Å². The van der Waals surface area contributed by atoms with Crippen molar-refractivity contribution in [3.63, 3.8) is 0 Å². The Kier molecular flexibility index (Phi) is 5.28. The van der Waals surface area contributed by atoms with Gasteiger partial charge in [-0.25, -0.2) is 13.6 Å². The number of anilines is 1. The number of amides is 1. The predicted molar refractivity (Wildman–Crippen MR) is 86.4 cm³/mol. The van der Waals surface area contributed by atoms with Crippen molar-refractivity contribution < 1.29 is 32.4 Å². The van der Waals surface area contributed by atoms with E-state index in [1.54, 1.807) is 0 Å². The Hall–Kier alpha value is -1.55. The number of ether oxygens (including phenoxy) is 1. The number of rotatable bonds is 5. The number of nitrogens with zero attached hydrogens (tertiary/aromatic N) is 1. The van der Waals surface area contributed by atoms with Crippen LogP contribution in [0.1, 0.15) is 13.3 Å². The molecule has 0 aliphatic carbocycles. The quantitative estimate of drug-likeness (QED) is 0.783. The first-order chi connectivity index (χ1) is 11.1. The van der Waals surface area contributed by atoms with Gasteiger partial charge in [0.05, 0.1) is 6.54 Å². The molecular weight excluding hydrogens is 412 g/mol. The highest BCUT2D eigenvalue weighted by Crippen LogP contribution is 2.33. The normalized spacial score (nSPS) is 21.3. The molecule has 1 aliphatic heterocycles. The first-order valence-corrected chi connectivity index (χ1v) is 9.11. The van der Waals surface area contributed by atoms with E-state index >= 15 is 0 Å². The highest BCUT2D eigenvalue weighted by molar-refractivity contribution is 9.10. The lowest BCUT2D eigenvalue weighted by atomic mass is 10.0. The van der Waals surface area contributed by atoms with E-state index in [0.717, 1.165) is 17.0 Å². The molecule has 0 saturated carbocycles. The summed E-state index contributed by atoms with van der Waals surface area (Å²) in [6, 6.07) is 2.00. The van der Waals surface area contributed by atoms with Gasteiger partial charge in [-0.3, -0.25) is 13.9 Å². The molecule has 1 N–H and O–H groups in total. The average molecular weight is 426 g/mol. The van der Waals surface area contributed by atoms with Crippen molar-refractivity contribution in [1.82, 2.24) is 0 Å². The molecule has 2 rings (SSSR count). The molecule has 0 bridgehead atoms. The van der Waals surface area contributed by atoms with E-state index in [1.807, 2.05) is 0 Å². The van der Waals surface area contributed by atoms with Crippen molar-refractivity contribution in [3.8, 4) is 0 Å². The van der Waals surface area contributed by atoms with E-state index < -0.39 is 51.0 Å². The minimum atomic E-state index is -1.74. The van der Waals surface area contributed by atoms with Gasteiger partial charge in [-0.15, -0.1) is 0 Å². The Morgan fingerprint density at radius 3 is 2.50 bits per heavy atom. The van der Waals surface area contributed by atoms with Crippen molar-refractivity contribution in [2.45, 2.75) is 24.2 Å². The van der Waals surface area contributed by atoms with Crippen LogP contribution in [0, 0.1) is 11.6 Å². The molecule has 1 amide bonds. The maximum absolute atomic E-state index is 14.0. The lowest BCUT2D eigenvalue weighted by Crippen LogP contribution is -2.43. The minimum Gasteiger partial charge on any atom is -0.480 e. The number of aliphatic carboxylic acids is 1. The zero-order valence-electron chi connectivity index (χ0n) is 12.7. The molecule has 0 spiro atoms. The fourth-order valence-electron chi connectivity index (χ4n) is 2.36. The molecule has 0 radical (unpaired) electrons. The summed E-state index contributed by atoms with van der Waals surface area (Å²) in [6.07, 6.45) is -0.954. The van der Waals surface area contributed by atoms with E-state index in [-0.39, 0.29) is 17.4 Å². The first-order valence-electron chi connectivity index (χ1n) is 6.76. The second-order valence-electron chi connectivity index (χ2n) is 5.53. The van der Waals surface area contributed by atoms with Gasteiger partial charge < -0.3 is 9.84 Å². The van der Waals surface area contributed by atoms with Crippen LogP contribution in [0.15, 0.2) is 16.6 Å². The number of carboxylic acid groups (broad SMARTS) is 1. The molecule has 10 heteroatoms. The fraction of sp³-hybridized carbons (Fsp3) is 0.429. The standard InChI is InChI=1S/C14H14BrF2NO5S/c1-14(12(19)20,24(2)22)5-8-6-18(13(21)23-8)11-9(16)3-7(15)4-10(11)17/h3-4,8H,5-6H2,1-2H3,(H,19,20). The van der Waals surface area contributed by atoms with Crippen LogP contribution in [0.5, 0.6) is 0 Å². The van der Waals surface area contributed by atoms with Crippen LogP contribution in [-0.2, 0) is 20.3 Å². The molecule has 1 heterocycles. The van der Waals surface area contributed by atoms with Crippen LogP contribution >= 0.6 is 15.9 Å². The van der Waals surface area contributed by atoms with Crippen molar-refractivity contribution in [3.05, 3.63) is 28.2 Å². The number of carbonyl (C=O) groups is 2. The summed E-state index contributed by atoms with van der Waals surface area (Å²) in [5.41, 5.74) is -0.569. The van der Waals surface area contributed by atoms with Crippen LogP contribution in [0.3, 0.4) is 0 Å². The van der Waals surface area contributed by atoms with E-state index in [2.05, 4.69) is 15.9 Å². The first kappa shape index (κ1) is 18.8. The average Bonchev–Trinajstić information content (AvgIpc) is 2.77. The Balaban J connectivity index is 2.26. The maximum atomic E-state index is 14.0. The zero-order chi connectivity index (χ0) is 18.2. The highest BCUT2D eigenvalue weighted by Gasteiger charge is 2.45. The summed E-state index contributed by atoms with van der Waals surface area (Å²) in [4.78, 5) is 24.1. The highest BCUT2D eigenvalue weighted by atomic mass is 79.9. The molecule has 3 unspecified atom stereocenters. The number of hydrogen-bond donors (Lipinski definition) is 1. The summed E-state index contributed by atoms with van der Waals surface area (Å²) in [5.74, 6) is -3.22. The van der Waals surface area contributed by atoms with Gasteiger partial charge >= 0.3 is 12.1 Å². The molecule has 0 aromatic heterocycles. The summed E-state index contributed by atoms with van der Waals surface area (Å²) in [6.45, 7) is 1.02. The third-order valence-corrected chi connectivity index (χ3v) is 5.90. The third-order valence-electron chi connectivity index (χ3n) is 3.83. The number of benzene rings is 1. The Bertz CT molecular complexity index is 692. The van der Waals surface area contributed by atoms with Crippen molar-refractivity contribution in [2.75, 3.05) is 17.7 Å². The van der Waals surface area contributed by atoms with Gasteiger partial charge in [-0.1, -0.05) is 15.9 Å². The molecule has 3 atom stereocenters. The van der Waals surface area contributed by atoms with Crippen LogP contribution in [0.25, 0.3) is 0 Å². The number of hydrogen-bond acceptors (Lipinski definition) is 4. The molecule has 1 aromatic carbocycles. The van der Waals surface area contributed by atoms with Crippen LogP contribution < -0.4 is 4.90 Å². The Morgan fingerprint density at radius 2 is 2.04 bits per heavy atom. The summed E-state index contributed by atoms with van der Waals surface area (Å²) in [7, 11) is -1.74. The minimum absolute atomic E-state index is 0.171. The number of carbonyl (C=O) groups excluding carboxylic acids is 1. The SMILES string of the molecule is CS(=O)C(C)(CC1CN(c2c(F)cc(Br)cc2F)C(=O)O1)C(=O)O. The van der Waals surface area contributed by atoms with Crippen molar-refractivity contribution in [1.29, 1.82) is 0 Å². The van der Waals surface area contributed by atoms with Crippen LogP contribution in [0.2, 0.25) is 0 Å². The van der Waals surface area contributed by atoms with Gasteiger partial charge in [-0.05, 0) is 19.1 Å². The van der Waals surface area contributed by atoms with Crippen molar-refractivity contribution in [2.24, 2.45) is 0 Å². The summed E-state index contributed by atoms with van der Waals surface area (Å²) < 4.78 is 43.3. The summed E-state index contributed by atoms with van der Waals surface area (Å²) in [5, 5.41) is 9.26. The third kappa shape index (κ3) is 3.44. The van der Waals surface area contributed by atoms with Gasteiger partial charge in [0.2, 0.25) is 0 Å².